The molecule has 1 aliphatic rings. The zero-order valence-electron chi connectivity index (χ0n) is 18.6. The highest BCUT2D eigenvalue weighted by Crippen LogP contribution is 2.30. The molecular weight excluding hydrogens is 396 g/mol. The summed E-state index contributed by atoms with van der Waals surface area (Å²) in [6, 6.07) is 8.79. The van der Waals surface area contributed by atoms with Crippen molar-refractivity contribution in [1.29, 1.82) is 0 Å². The van der Waals surface area contributed by atoms with E-state index in [0.29, 0.717) is 17.9 Å². The molecular formula is C23H30N4O4. The fourth-order valence-corrected chi connectivity index (χ4v) is 3.64. The highest BCUT2D eigenvalue weighted by atomic mass is 16.5. The molecule has 2 unspecified atom stereocenters. The Labute approximate surface area is 182 Å². The molecule has 8 heteroatoms. The number of carboxylic acid groups (broad SMARTS) is 1. The standard InChI is InChI=1S/C23H30N4O4/c1-13-17(10-11-20(28)29)14(2)24-21(13)22(30)26-16-8-6-15(7-9-16)25-19-12-18(31-27-19)23(3,4)5/h6-9,12-13,21,24H,10-11H2,1-5H3,(H,25,27)(H,26,30)(H,28,29). The second kappa shape index (κ2) is 8.83. The maximum atomic E-state index is 12.8. The van der Waals surface area contributed by atoms with Crippen molar-refractivity contribution in [1.82, 2.24) is 10.5 Å². The van der Waals surface area contributed by atoms with E-state index in [1.54, 1.807) is 0 Å². The lowest BCUT2D eigenvalue weighted by molar-refractivity contribution is -0.137. The Bertz CT molecular complexity index is 986. The smallest absolute Gasteiger partial charge is 0.303 e. The Balaban J connectivity index is 1.58. The van der Waals surface area contributed by atoms with Gasteiger partial charge in [0.05, 0.1) is 0 Å². The summed E-state index contributed by atoms with van der Waals surface area (Å²) in [6.45, 7) is 10.0. The van der Waals surface area contributed by atoms with Crippen molar-refractivity contribution in [2.75, 3.05) is 10.6 Å². The van der Waals surface area contributed by atoms with Gasteiger partial charge in [-0.1, -0.05) is 32.9 Å². The van der Waals surface area contributed by atoms with Gasteiger partial charge < -0.3 is 25.6 Å². The molecule has 0 saturated carbocycles. The van der Waals surface area contributed by atoms with Crippen LogP contribution >= 0.6 is 0 Å². The van der Waals surface area contributed by atoms with Gasteiger partial charge in [0, 0.05) is 40.9 Å². The van der Waals surface area contributed by atoms with Crippen molar-refractivity contribution in [3.05, 3.63) is 47.4 Å². The molecule has 4 N–H and O–H groups in total. The molecule has 2 heterocycles. The first-order chi connectivity index (χ1) is 14.5. The van der Waals surface area contributed by atoms with Crippen LogP contribution in [0, 0.1) is 5.92 Å². The number of hydrogen-bond acceptors (Lipinski definition) is 6. The molecule has 1 amide bonds. The quantitative estimate of drug-likeness (QED) is 0.518. The average Bonchev–Trinajstić information content (AvgIpc) is 3.26. The number of amides is 1. The lowest BCUT2D eigenvalue weighted by Crippen LogP contribution is -2.40. The van der Waals surface area contributed by atoms with Crippen molar-refractivity contribution in [3.63, 3.8) is 0 Å². The minimum atomic E-state index is -0.839. The fourth-order valence-electron chi connectivity index (χ4n) is 3.64. The van der Waals surface area contributed by atoms with E-state index in [2.05, 4.69) is 41.9 Å². The third-order valence-electron chi connectivity index (χ3n) is 5.47. The number of carboxylic acids is 1. The predicted molar refractivity (Wildman–Crippen MR) is 119 cm³/mol. The number of aliphatic carboxylic acids is 1. The number of carbonyl (C=O) groups is 2. The van der Waals surface area contributed by atoms with Gasteiger partial charge in [-0.25, -0.2) is 0 Å². The molecule has 0 aliphatic carbocycles. The van der Waals surface area contributed by atoms with Crippen LogP contribution in [0.1, 0.15) is 53.2 Å². The molecule has 166 valence electrons. The first-order valence-electron chi connectivity index (χ1n) is 10.4. The van der Waals surface area contributed by atoms with Gasteiger partial charge in [0.15, 0.2) is 5.82 Å². The van der Waals surface area contributed by atoms with E-state index in [1.165, 1.54) is 0 Å². The largest absolute Gasteiger partial charge is 0.481 e. The Kier molecular flexibility index (Phi) is 6.38. The van der Waals surface area contributed by atoms with Gasteiger partial charge >= 0.3 is 5.97 Å². The summed E-state index contributed by atoms with van der Waals surface area (Å²) in [6.07, 6.45) is 0.503. The molecule has 0 saturated heterocycles. The molecule has 0 bridgehead atoms. The number of benzene rings is 1. The van der Waals surface area contributed by atoms with Gasteiger partial charge in [0.1, 0.15) is 11.8 Å². The van der Waals surface area contributed by atoms with E-state index >= 15 is 0 Å². The molecule has 3 rings (SSSR count). The summed E-state index contributed by atoms with van der Waals surface area (Å²) in [5, 5.41) is 22.3. The molecule has 0 radical (unpaired) electrons. The summed E-state index contributed by atoms with van der Waals surface area (Å²) in [7, 11) is 0. The summed E-state index contributed by atoms with van der Waals surface area (Å²) in [4.78, 5) is 23.6. The first kappa shape index (κ1) is 22.4. The summed E-state index contributed by atoms with van der Waals surface area (Å²) < 4.78 is 5.38. The zero-order valence-corrected chi connectivity index (χ0v) is 18.6. The molecule has 2 aromatic rings. The van der Waals surface area contributed by atoms with E-state index < -0.39 is 12.0 Å². The molecule has 8 nitrogen and oxygen atoms in total. The van der Waals surface area contributed by atoms with Crippen LogP contribution in [0.5, 0.6) is 0 Å². The van der Waals surface area contributed by atoms with Crippen LogP contribution in [-0.4, -0.2) is 28.2 Å². The van der Waals surface area contributed by atoms with Crippen LogP contribution in [0.4, 0.5) is 17.2 Å². The van der Waals surface area contributed by atoms with Crippen molar-refractivity contribution >= 4 is 29.1 Å². The number of rotatable bonds is 7. The molecule has 0 spiro atoms. The number of anilines is 3. The van der Waals surface area contributed by atoms with Crippen LogP contribution in [0.3, 0.4) is 0 Å². The number of nitrogens with one attached hydrogen (secondary N) is 3. The normalized spacial score (nSPS) is 18.6. The second-order valence-electron chi connectivity index (χ2n) is 8.97. The van der Waals surface area contributed by atoms with Crippen molar-refractivity contribution < 1.29 is 19.2 Å². The Morgan fingerprint density at radius 2 is 1.84 bits per heavy atom. The van der Waals surface area contributed by atoms with Gasteiger partial charge in [0.2, 0.25) is 5.91 Å². The number of allylic oxidation sites excluding steroid dienone is 1. The lowest BCUT2D eigenvalue weighted by Gasteiger charge is -2.18. The van der Waals surface area contributed by atoms with E-state index in [0.717, 1.165) is 22.7 Å². The molecule has 1 aliphatic heterocycles. The SMILES string of the molecule is CC1=C(CCC(=O)O)C(C)C(C(=O)Nc2ccc(Nc3cc(C(C)(C)C)on3)cc2)N1. The Morgan fingerprint density at radius 3 is 2.42 bits per heavy atom. The van der Waals surface area contributed by atoms with Crippen molar-refractivity contribution in [2.45, 2.75) is 58.9 Å². The third kappa shape index (κ3) is 5.45. The van der Waals surface area contributed by atoms with Gasteiger partial charge in [-0.15, -0.1) is 0 Å². The maximum absolute atomic E-state index is 12.8. The van der Waals surface area contributed by atoms with Crippen LogP contribution < -0.4 is 16.0 Å². The molecule has 0 fully saturated rings. The van der Waals surface area contributed by atoms with E-state index in [-0.39, 0.29) is 23.7 Å². The summed E-state index contributed by atoms with van der Waals surface area (Å²) >= 11 is 0. The topological polar surface area (TPSA) is 116 Å². The maximum Gasteiger partial charge on any atom is 0.303 e. The minimum Gasteiger partial charge on any atom is -0.481 e. The molecule has 31 heavy (non-hydrogen) atoms. The van der Waals surface area contributed by atoms with E-state index in [9.17, 15) is 9.59 Å². The zero-order chi connectivity index (χ0) is 22.8. The van der Waals surface area contributed by atoms with Gasteiger partial charge in [0.25, 0.3) is 0 Å². The second-order valence-corrected chi connectivity index (χ2v) is 8.97. The summed E-state index contributed by atoms with van der Waals surface area (Å²) in [5.41, 5.74) is 3.26. The first-order valence-corrected chi connectivity index (χ1v) is 10.4. The van der Waals surface area contributed by atoms with Crippen LogP contribution in [0.15, 0.2) is 46.1 Å². The van der Waals surface area contributed by atoms with Gasteiger partial charge in [-0.2, -0.15) is 0 Å². The lowest BCUT2D eigenvalue weighted by atomic mass is 9.92. The van der Waals surface area contributed by atoms with Crippen molar-refractivity contribution in [2.24, 2.45) is 5.92 Å². The van der Waals surface area contributed by atoms with Crippen molar-refractivity contribution in [3.8, 4) is 0 Å². The van der Waals surface area contributed by atoms with Crippen LogP contribution in [-0.2, 0) is 15.0 Å². The van der Waals surface area contributed by atoms with E-state index in [1.807, 2.05) is 44.2 Å². The minimum absolute atomic E-state index is 0.0598. The molecule has 1 aromatic heterocycles. The monoisotopic (exact) mass is 426 g/mol. The van der Waals surface area contributed by atoms with E-state index in [4.69, 9.17) is 9.63 Å². The predicted octanol–water partition coefficient (Wildman–Crippen LogP) is 4.40. The number of aromatic nitrogens is 1. The van der Waals surface area contributed by atoms with Crippen LogP contribution in [0.2, 0.25) is 0 Å². The van der Waals surface area contributed by atoms with Gasteiger partial charge in [-0.05, 0) is 43.2 Å². The Morgan fingerprint density at radius 1 is 1.19 bits per heavy atom. The molecule has 1 aromatic carbocycles. The summed E-state index contributed by atoms with van der Waals surface area (Å²) in [5.74, 6) is 0.368. The average molecular weight is 427 g/mol. The third-order valence-corrected chi connectivity index (χ3v) is 5.47. The highest BCUT2D eigenvalue weighted by molar-refractivity contribution is 5.96. The number of hydrogen-bond donors (Lipinski definition) is 4. The highest BCUT2D eigenvalue weighted by Gasteiger charge is 2.34. The number of carbonyl (C=O) groups excluding carboxylic acids is 1. The van der Waals surface area contributed by atoms with Gasteiger partial charge in [-0.3, -0.25) is 9.59 Å². The Hall–Kier alpha value is -3.29. The van der Waals surface area contributed by atoms with Crippen LogP contribution in [0.25, 0.3) is 0 Å². The number of nitrogens with zero attached hydrogens (tertiary/aromatic N) is 1. The molecule has 2 atom stereocenters. The fraction of sp³-hybridized carbons (Fsp3) is 0.435.